The highest BCUT2D eigenvalue weighted by Gasteiger charge is 2.51. The molecule has 1 N–H and O–H groups in total. The highest BCUT2D eigenvalue weighted by atomic mass is 32.1. The van der Waals surface area contributed by atoms with Crippen molar-refractivity contribution in [2.45, 2.75) is 181 Å². The van der Waals surface area contributed by atoms with Gasteiger partial charge in [0, 0.05) is 52.7 Å². The number of H-pyrrole nitrogens is 1. The Kier molecular flexibility index (Phi) is 14.0. The highest BCUT2D eigenvalue weighted by molar-refractivity contribution is 7.09. The van der Waals surface area contributed by atoms with Crippen LogP contribution in [-0.2, 0) is 34.9 Å². The van der Waals surface area contributed by atoms with E-state index in [4.69, 9.17) is 6.42 Å². The standard InChI is InChI=1S/C12H23N3Si.C9H15N3.C8H13N3.C8H12N2S.C8H12/c1-10(2)12(6-7-12)11-8-15(14-13-11)9-16(3,4)5;1-7(2)9(4-5-9)8-6-12(3)11-10-8;1-6(2)8(3-4-8)7-5-9-11-10-7;1-6(2)8(3-4-8)7-10-9-5-11-7;1-4-8(5-6-8)7(2)3/h8,10H,6-7,9H2,1-5H3;6-7H,4-5H2,1-3H3;5-6H,3-4H2,1-2H3,(H,9,10,11);5-6H,3-4H2,1-2H3;1,7H,5-6H2,2-3H3. The first-order valence-electron chi connectivity index (χ1n) is 22.1. The Morgan fingerprint density at radius 3 is 1.47 bits per heavy atom. The number of aromatic amines is 1. The van der Waals surface area contributed by atoms with Crippen LogP contribution in [0.4, 0.5) is 0 Å². The molecule has 0 unspecified atom stereocenters. The number of nitrogens with one attached hydrogen (secondary N) is 1. The van der Waals surface area contributed by atoms with Crippen LogP contribution in [0.1, 0.15) is 156 Å². The van der Waals surface area contributed by atoms with E-state index in [1.165, 1.54) is 80.6 Å². The minimum atomic E-state index is -1.09. The summed E-state index contributed by atoms with van der Waals surface area (Å²) in [6.45, 7) is 29.7. The molecule has 320 valence electrons. The van der Waals surface area contributed by atoms with Gasteiger partial charge in [-0.1, -0.05) is 105 Å². The number of aromatic nitrogens is 11. The van der Waals surface area contributed by atoms with Gasteiger partial charge in [0.05, 0.1) is 31.4 Å². The molecule has 0 aromatic carbocycles. The van der Waals surface area contributed by atoms with Crippen LogP contribution < -0.4 is 0 Å². The fourth-order valence-electron chi connectivity index (χ4n) is 8.48. The molecule has 0 saturated heterocycles. The zero-order valence-electron chi connectivity index (χ0n) is 38.4. The smallest absolute Gasteiger partial charge is 0.123 e. The summed E-state index contributed by atoms with van der Waals surface area (Å²) in [5.74, 6) is 6.32. The zero-order chi connectivity index (χ0) is 42.7. The zero-order valence-corrected chi connectivity index (χ0v) is 40.2. The molecule has 13 heteroatoms. The van der Waals surface area contributed by atoms with Gasteiger partial charge in [-0.25, -0.2) is 0 Å². The second kappa shape index (κ2) is 17.8. The maximum Gasteiger partial charge on any atom is 0.123 e. The van der Waals surface area contributed by atoms with Gasteiger partial charge in [0.1, 0.15) is 10.5 Å². The van der Waals surface area contributed by atoms with Gasteiger partial charge in [-0.05, 0) is 93.8 Å². The van der Waals surface area contributed by atoms with E-state index in [9.17, 15) is 0 Å². The minimum absolute atomic E-state index is 0.319. The van der Waals surface area contributed by atoms with Crippen molar-refractivity contribution in [1.82, 2.24) is 55.6 Å². The molecule has 0 aliphatic heterocycles. The second-order valence-corrected chi connectivity index (χ2v) is 27.2. The number of hydrogen-bond acceptors (Lipinski definition) is 9. The van der Waals surface area contributed by atoms with E-state index in [0.29, 0.717) is 50.7 Å². The number of rotatable bonds is 11. The molecule has 0 spiro atoms. The van der Waals surface area contributed by atoms with Crippen LogP contribution >= 0.6 is 11.3 Å². The number of terminal acetylenes is 1. The maximum absolute atomic E-state index is 5.32. The first-order chi connectivity index (χ1) is 27.2. The summed E-state index contributed by atoms with van der Waals surface area (Å²) in [7, 11) is 0.833. The summed E-state index contributed by atoms with van der Waals surface area (Å²) in [4.78, 5) is 0. The van der Waals surface area contributed by atoms with Crippen molar-refractivity contribution in [3.8, 4) is 12.3 Å². The molecule has 5 fully saturated rings. The monoisotopic (exact) mass is 830 g/mol. The Hall–Kier alpha value is -3.24. The molecule has 0 atom stereocenters. The van der Waals surface area contributed by atoms with E-state index in [1.54, 1.807) is 16.0 Å². The molecule has 58 heavy (non-hydrogen) atoms. The SMILES string of the molecule is C#CC1(C(C)C)CC1.CC(C)C1(c2cn(C)nn2)CC1.CC(C)C1(c2cn(C[Si](C)(C)C)nn2)CC1.CC(C)C1(c2cn[nH]n2)CC1.CC(C)C1(c2nncs2)CC1. The molecule has 5 aliphatic carbocycles. The Bertz CT molecular complexity index is 1830. The van der Waals surface area contributed by atoms with Gasteiger partial charge < -0.3 is 0 Å². The average molecular weight is 830 g/mol. The van der Waals surface area contributed by atoms with Crippen molar-refractivity contribution in [3.63, 3.8) is 0 Å². The highest BCUT2D eigenvalue weighted by Crippen LogP contribution is 2.55. The Labute approximate surface area is 355 Å². The molecular weight excluding hydrogens is 755 g/mol. The van der Waals surface area contributed by atoms with Crippen LogP contribution in [0.25, 0.3) is 0 Å². The number of aryl methyl sites for hydroxylation is 1. The lowest BCUT2D eigenvalue weighted by molar-refractivity contribution is 0.464. The van der Waals surface area contributed by atoms with E-state index < -0.39 is 8.07 Å². The van der Waals surface area contributed by atoms with E-state index in [0.717, 1.165) is 17.8 Å². The largest absolute Gasteiger partial charge is 0.255 e. The molecule has 4 aromatic heterocycles. The van der Waals surface area contributed by atoms with Crippen molar-refractivity contribution in [1.29, 1.82) is 0 Å². The predicted molar refractivity (Wildman–Crippen MR) is 239 cm³/mol. The van der Waals surface area contributed by atoms with Gasteiger partial charge in [-0.15, -0.1) is 38.2 Å². The molecule has 4 heterocycles. The molecule has 11 nitrogen and oxygen atoms in total. The van der Waals surface area contributed by atoms with Gasteiger partial charge in [0.2, 0.25) is 0 Å². The van der Waals surface area contributed by atoms with Gasteiger partial charge in [-0.2, -0.15) is 15.4 Å². The van der Waals surface area contributed by atoms with E-state index in [2.05, 4.69) is 152 Å². The minimum Gasteiger partial charge on any atom is -0.255 e. The summed E-state index contributed by atoms with van der Waals surface area (Å²) in [6, 6.07) is 0. The third-order valence-corrected chi connectivity index (χ3v) is 16.4. The molecule has 5 aliphatic rings. The predicted octanol–water partition coefficient (Wildman–Crippen LogP) is 10.1. The summed E-state index contributed by atoms with van der Waals surface area (Å²) >= 11 is 1.70. The lowest BCUT2D eigenvalue weighted by Crippen LogP contribution is -2.28. The molecule has 9 rings (SSSR count). The maximum atomic E-state index is 5.32. The summed E-state index contributed by atoms with van der Waals surface area (Å²) in [6.07, 6.45) is 25.3. The van der Waals surface area contributed by atoms with Crippen molar-refractivity contribution in [2.75, 3.05) is 0 Å². The normalized spacial score (nSPS) is 20.4. The fraction of sp³-hybridized carbons (Fsp3) is 0.778. The van der Waals surface area contributed by atoms with Crippen LogP contribution in [0.5, 0.6) is 0 Å². The first kappa shape index (κ1) is 45.8. The number of nitrogens with zero attached hydrogens (tertiary/aromatic N) is 10. The van der Waals surface area contributed by atoms with Crippen LogP contribution in [0.15, 0.2) is 24.1 Å². The van der Waals surface area contributed by atoms with Crippen molar-refractivity contribution in [3.05, 3.63) is 46.2 Å². The topological polar surface area (TPSA) is 129 Å². The van der Waals surface area contributed by atoms with E-state index in [1.807, 2.05) is 25.0 Å². The van der Waals surface area contributed by atoms with Crippen molar-refractivity contribution < 1.29 is 0 Å². The summed E-state index contributed by atoms with van der Waals surface area (Å²) in [5, 5.41) is 36.7. The third kappa shape index (κ3) is 10.5. The molecule has 4 aromatic rings. The molecule has 5 saturated carbocycles. The molecule has 0 bridgehead atoms. The lowest BCUT2D eigenvalue weighted by Gasteiger charge is -2.16. The quantitative estimate of drug-likeness (QED) is 0.117. The Balaban J connectivity index is 0.000000140. The van der Waals surface area contributed by atoms with Crippen LogP contribution in [0.2, 0.25) is 19.6 Å². The van der Waals surface area contributed by atoms with E-state index >= 15 is 0 Å². The molecule has 0 amide bonds. The van der Waals surface area contributed by atoms with Crippen LogP contribution in [0, 0.1) is 47.3 Å². The van der Waals surface area contributed by atoms with Gasteiger partial charge in [0.15, 0.2) is 0 Å². The molecule has 0 radical (unpaired) electrons. The van der Waals surface area contributed by atoms with Gasteiger partial charge >= 0.3 is 0 Å². The fourth-order valence-corrected chi connectivity index (χ4v) is 10.6. The van der Waals surface area contributed by atoms with Gasteiger partial charge in [0.25, 0.3) is 0 Å². The first-order valence-corrected chi connectivity index (χ1v) is 26.7. The summed E-state index contributed by atoms with van der Waals surface area (Å²) in [5.41, 5.74) is 7.21. The van der Waals surface area contributed by atoms with Crippen LogP contribution in [-0.4, -0.2) is 63.7 Å². The average Bonchev–Trinajstić information content (AvgIpc) is 3.97. The summed E-state index contributed by atoms with van der Waals surface area (Å²) < 4.78 is 3.85. The van der Waals surface area contributed by atoms with Crippen LogP contribution in [0.3, 0.4) is 0 Å². The second-order valence-electron chi connectivity index (χ2n) is 20.9. The molecular formula is C45H75N11SSi. The lowest BCUT2D eigenvalue weighted by atomic mass is 9.90. The van der Waals surface area contributed by atoms with Crippen molar-refractivity contribution >= 4 is 19.4 Å². The van der Waals surface area contributed by atoms with E-state index in [-0.39, 0.29) is 0 Å². The third-order valence-electron chi connectivity index (χ3n) is 14.3. The number of hydrogen-bond donors (Lipinski definition) is 1. The Morgan fingerprint density at radius 1 is 0.672 bits per heavy atom. The Morgan fingerprint density at radius 2 is 1.16 bits per heavy atom. The van der Waals surface area contributed by atoms with Crippen molar-refractivity contribution in [2.24, 2.45) is 42.1 Å². The van der Waals surface area contributed by atoms with Gasteiger partial charge in [-0.3, -0.25) is 9.36 Å².